The molecule has 1 aliphatic rings. The van der Waals surface area contributed by atoms with Gasteiger partial charge in [-0.15, -0.1) is 23.1 Å². The first-order valence-corrected chi connectivity index (χ1v) is 5.62. The van der Waals surface area contributed by atoms with Crippen molar-refractivity contribution in [2.75, 3.05) is 5.75 Å². The Morgan fingerprint density at radius 2 is 2.50 bits per heavy atom. The van der Waals surface area contributed by atoms with Crippen LogP contribution in [0.1, 0.15) is 15.7 Å². The summed E-state index contributed by atoms with van der Waals surface area (Å²) in [6.45, 7) is 0. The molecular weight excluding hydrogens is 192 g/mol. The van der Waals surface area contributed by atoms with Gasteiger partial charge in [-0.1, -0.05) is 0 Å². The minimum atomic E-state index is -0.709. The molecule has 0 saturated carbocycles. The Morgan fingerprint density at radius 3 is 3.25 bits per heavy atom. The lowest BCUT2D eigenvalue weighted by Crippen LogP contribution is -2.13. The van der Waals surface area contributed by atoms with Gasteiger partial charge < -0.3 is 5.11 Å². The molecule has 2 heterocycles. The average Bonchev–Trinajstić information content (AvgIpc) is 2.49. The van der Waals surface area contributed by atoms with Crippen LogP contribution >= 0.6 is 23.1 Å². The second kappa shape index (κ2) is 3.11. The van der Waals surface area contributed by atoms with Gasteiger partial charge >= 0.3 is 5.97 Å². The smallest absolute Gasteiger partial charge is 0.321 e. The van der Waals surface area contributed by atoms with Crippen molar-refractivity contribution in [1.29, 1.82) is 0 Å². The zero-order chi connectivity index (χ0) is 8.55. The van der Waals surface area contributed by atoms with Crippen LogP contribution in [0.3, 0.4) is 0 Å². The molecule has 2 nitrogen and oxygen atoms in total. The number of rotatable bonds is 1. The van der Waals surface area contributed by atoms with Crippen LogP contribution in [0.25, 0.3) is 0 Å². The molecule has 1 atom stereocenters. The normalized spacial score (nSPS) is 21.8. The summed E-state index contributed by atoms with van der Waals surface area (Å²) in [5.41, 5.74) is 1.02. The van der Waals surface area contributed by atoms with Crippen LogP contribution in [0, 0.1) is 0 Å². The van der Waals surface area contributed by atoms with Crippen molar-refractivity contribution in [3.63, 3.8) is 0 Å². The Morgan fingerprint density at radius 1 is 1.67 bits per heavy atom. The summed E-state index contributed by atoms with van der Waals surface area (Å²) in [6, 6.07) is 1.94. The summed E-state index contributed by atoms with van der Waals surface area (Å²) < 4.78 is 0. The molecule has 0 spiro atoms. The standard InChI is InChI=1S/C8H8O2S2/c9-8(10)7-5-1-3-11-6(5)2-4-12-7/h1,3,7H,2,4H2,(H,9,10). The van der Waals surface area contributed by atoms with Crippen molar-refractivity contribution in [2.45, 2.75) is 11.7 Å². The van der Waals surface area contributed by atoms with Crippen LogP contribution in [0.4, 0.5) is 0 Å². The van der Waals surface area contributed by atoms with Gasteiger partial charge in [0, 0.05) is 4.88 Å². The van der Waals surface area contributed by atoms with E-state index >= 15 is 0 Å². The zero-order valence-corrected chi connectivity index (χ0v) is 7.95. The van der Waals surface area contributed by atoms with Crippen LogP contribution in [0.15, 0.2) is 11.4 Å². The lowest BCUT2D eigenvalue weighted by Gasteiger charge is -2.17. The molecule has 0 fully saturated rings. The fourth-order valence-electron chi connectivity index (χ4n) is 1.35. The van der Waals surface area contributed by atoms with Crippen molar-refractivity contribution in [3.05, 3.63) is 21.9 Å². The number of fused-ring (bicyclic) bond motifs is 1. The SMILES string of the molecule is O=C(O)C1SCCc2sccc21. The van der Waals surface area contributed by atoms with E-state index in [0.29, 0.717) is 0 Å². The minimum Gasteiger partial charge on any atom is -0.480 e. The molecule has 64 valence electrons. The monoisotopic (exact) mass is 200 g/mol. The molecule has 1 aromatic rings. The van der Waals surface area contributed by atoms with E-state index in [1.807, 2.05) is 11.4 Å². The van der Waals surface area contributed by atoms with Crippen molar-refractivity contribution in [1.82, 2.24) is 0 Å². The van der Waals surface area contributed by atoms with Gasteiger partial charge in [-0.05, 0) is 29.2 Å². The van der Waals surface area contributed by atoms with E-state index in [1.54, 1.807) is 11.3 Å². The van der Waals surface area contributed by atoms with Crippen molar-refractivity contribution in [2.24, 2.45) is 0 Å². The Labute approximate surface area is 78.6 Å². The van der Waals surface area contributed by atoms with Gasteiger partial charge in [0.05, 0.1) is 0 Å². The number of carboxylic acid groups (broad SMARTS) is 1. The molecule has 0 saturated heterocycles. The van der Waals surface area contributed by atoms with E-state index in [0.717, 1.165) is 17.7 Å². The Kier molecular flexibility index (Phi) is 2.11. The van der Waals surface area contributed by atoms with Crippen molar-refractivity contribution < 1.29 is 9.90 Å². The third-order valence-electron chi connectivity index (χ3n) is 1.90. The van der Waals surface area contributed by atoms with Gasteiger partial charge in [-0.3, -0.25) is 4.79 Å². The molecule has 0 aromatic carbocycles. The summed E-state index contributed by atoms with van der Waals surface area (Å²) in [6.07, 6.45) is 1.03. The third kappa shape index (κ3) is 1.25. The molecule has 12 heavy (non-hydrogen) atoms. The number of hydrogen-bond acceptors (Lipinski definition) is 3. The summed E-state index contributed by atoms with van der Waals surface area (Å²) >= 11 is 3.20. The first-order valence-electron chi connectivity index (χ1n) is 3.69. The fraction of sp³-hybridized carbons (Fsp3) is 0.375. The second-order valence-corrected chi connectivity index (χ2v) is 4.85. The molecule has 0 bridgehead atoms. The van der Waals surface area contributed by atoms with Crippen molar-refractivity contribution >= 4 is 29.1 Å². The van der Waals surface area contributed by atoms with E-state index in [1.165, 1.54) is 16.6 Å². The lowest BCUT2D eigenvalue weighted by molar-refractivity contribution is -0.136. The van der Waals surface area contributed by atoms with Gasteiger partial charge in [0.15, 0.2) is 0 Å². The average molecular weight is 200 g/mol. The highest BCUT2D eigenvalue weighted by atomic mass is 32.2. The summed E-state index contributed by atoms with van der Waals surface area (Å²) in [5, 5.41) is 10.5. The minimum absolute atomic E-state index is 0.319. The summed E-state index contributed by atoms with van der Waals surface area (Å²) in [7, 11) is 0. The first kappa shape index (κ1) is 8.13. The van der Waals surface area contributed by atoms with Gasteiger partial charge in [-0.25, -0.2) is 0 Å². The number of carbonyl (C=O) groups is 1. The highest BCUT2D eigenvalue weighted by molar-refractivity contribution is 8.00. The Bertz CT molecular complexity index is 306. The third-order valence-corrected chi connectivity index (χ3v) is 4.13. The Hall–Kier alpha value is -0.480. The predicted molar refractivity (Wildman–Crippen MR) is 50.9 cm³/mol. The second-order valence-electron chi connectivity index (χ2n) is 2.64. The van der Waals surface area contributed by atoms with Crippen molar-refractivity contribution in [3.8, 4) is 0 Å². The molecule has 0 radical (unpaired) electrons. The van der Waals surface area contributed by atoms with E-state index in [2.05, 4.69) is 0 Å². The van der Waals surface area contributed by atoms with Crippen LogP contribution in [0.2, 0.25) is 0 Å². The molecule has 0 amide bonds. The maximum absolute atomic E-state index is 10.8. The Balaban J connectivity index is 2.37. The quantitative estimate of drug-likeness (QED) is 0.755. The van der Waals surface area contributed by atoms with Crippen LogP contribution < -0.4 is 0 Å². The van der Waals surface area contributed by atoms with Gasteiger partial charge in [0.25, 0.3) is 0 Å². The van der Waals surface area contributed by atoms with E-state index < -0.39 is 5.97 Å². The van der Waals surface area contributed by atoms with Crippen LogP contribution in [0.5, 0.6) is 0 Å². The highest BCUT2D eigenvalue weighted by Crippen LogP contribution is 2.39. The number of aryl methyl sites for hydroxylation is 1. The number of aliphatic carboxylic acids is 1. The molecule has 1 N–H and O–H groups in total. The van der Waals surface area contributed by atoms with Gasteiger partial charge in [0.2, 0.25) is 0 Å². The predicted octanol–water partition coefficient (Wildman–Crippen LogP) is 2.16. The summed E-state index contributed by atoms with van der Waals surface area (Å²) in [5.74, 6) is 0.226. The van der Waals surface area contributed by atoms with Gasteiger partial charge in [0.1, 0.15) is 5.25 Å². The maximum atomic E-state index is 10.8. The van der Waals surface area contributed by atoms with Crippen LogP contribution in [-0.2, 0) is 11.2 Å². The lowest BCUT2D eigenvalue weighted by atomic mass is 10.1. The number of hydrogen-bond donors (Lipinski definition) is 1. The zero-order valence-electron chi connectivity index (χ0n) is 6.32. The fourth-order valence-corrected chi connectivity index (χ4v) is 3.58. The number of thioether (sulfide) groups is 1. The number of thiophene rings is 1. The first-order chi connectivity index (χ1) is 5.79. The highest BCUT2D eigenvalue weighted by Gasteiger charge is 2.27. The maximum Gasteiger partial charge on any atom is 0.321 e. The largest absolute Gasteiger partial charge is 0.480 e. The summed E-state index contributed by atoms with van der Waals surface area (Å²) in [4.78, 5) is 12.0. The molecule has 2 rings (SSSR count). The molecule has 1 aliphatic heterocycles. The van der Waals surface area contributed by atoms with Crippen LogP contribution in [-0.4, -0.2) is 16.8 Å². The topological polar surface area (TPSA) is 37.3 Å². The van der Waals surface area contributed by atoms with E-state index in [4.69, 9.17) is 5.11 Å². The van der Waals surface area contributed by atoms with Gasteiger partial charge in [-0.2, -0.15) is 0 Å². The molecule has 1 unspecified atom stereocenters. The molecule has 1 aromatic heterocycles. The molecule has 0 aliphatic carbocycles. The van der Waals surface area contributed by atoms with E-state index in [-0.39, 0.29) is 5.25 Å². The molecule has 4 heteroatoms. The number of carboxylic acids is 1. The van der Waals surface area contributed by atoms with E-state index in [9.17, 15) is 4.79 Å². The molecular formula is C8H8O2S2.